The van der Waals surface area contributed by atoms with E-state index in [-0.39, 0.29) is 23.7 Å². The van der Waals surface area contributed by atoms with E-state index in [1.54, 1.807) is 6.92 Å². The molecule has 0 spiro atoms. The lowest BCUT2D eigenvalue weighted by Crippen LogP contribution is -2.42. The molecular weight excluding hydrogens is 338 g/mol. The van der Waals surface area contributed by atoms with Crippen molar-refractivity contribution in [3.63, 3.8) is 0 Å². The molecule has 5 heteroatoms. The van der Waals surface area contributed by atoms with Gasteiger partial charge in [0.2, 0.25) is 0 Å². The monoisotopic (exact) mass is 367 g/mol. The summed E-state index contributed by atoms with van der Waals surface area (Å²) >= 11 is 0. The summed E-state index contributed by atoms with van der Waals surface area (Å²) in [7, 11) is 8.27. The minimum absolute atomic E-state index is 0.0623. The van der Waals surface area contributed by atoms with Crippen molar-refractivity contribution < 1.29 is 9.90 Å². The molecule has 1 aliphatic carbocycles. The second-order valence-corrected chi connectivity index (χ2v) is 8.41. The predicted octanol–water partition coefficient (Wildman–Crippen LogP) is 2.87. The minimum atomic E-state index is -0.577. The lowest BCUT2D eigenvalue weighted by Gasteiger charge is -2.43. The number of carbonyl (C=O) groups excluding carboxylic acids is 1. The Morgan fingerprint density at radius 2 is 1.96 bits per heavy atom. The number of Topliss-reactive ketones (excluding diaryl/α,β-unsaturated/α-hetero) is 1. The van der Waals surface area contributed by atoms with Crippen LogP contribution < -0.4 is 0 Å². The average Bonchev–Trinajstić information content (AvgIpc) is 2.84. The first kappa shape index (κ1) is 18.3. The Morgan fingerprint density at radius 3 is 2.63 bits per heavy atom. The van der Waals surface area contributed by atoms with Crippen molar-refractivity contribution in [2.75, 3.05) is 27.7 Å². The number of aryl methyl sites for hydroxylation is 1. The standard InChI is InChI=1S/C22H29N3O2/c1-13(26)16-12-24(4)21-17(11-23(2)3)15(16)10-19(27)22-20(21)14-8-6-7-9-18(14)25(22)5/h6-9,12,15,17,19,21,27H,10-11H2,1-5H3/t15-,17+,19-,21+/m0/s1. The van der Waals surface area contributed by atoms with E-state index in [0.717, 1.165) is 23.3 Å². The highest BCUT2D eigenvalue weighted by atomic mass is 16.3. The van der Waals surface area contributed by atoms with Crippen LogP contribution in [0.15, 0.2) is 36.0 Å². The van der Waals surface area contributed by atoms with Crippen molar-refractivity contribution in [3.05, 3.63) is 47.3 Å². The summed E-state index contributed by atoms with van der Waals surface area (Å²) in [5, 5.41) is 12.4. The first-order chi connectivity index (χ1) is 12.8. The van der Waals surface area contributed by atoms with Gasteiger partial charge in [0.1, 0.15) is 0 Å². The predicted molar refractivity (Wildman–Crippen MR) is 107 cm³/mol. The van der Waals surface area contributed by atoms with Gasteiger partial charge in [0.05, 0.1) is 17.8 Å². The van der Waals surface area contributed by atoms with Crippen molar-refractivity contribution in [1.82, 2.24) is 14.4 Å². The number of hydrogen-bond donors (Lipinski definition) is 1. The highest BCUT2D eigenvalue weighted by molar-refractivity contribution is 5.94. The Bertz CT molecular complexity index is 927. The topological polar surface area (TPSA) is 48.7 Å². The summed E-state index contributed by atoms with van der Waals surface area (Å²) < 4.78 is 2.14. The quantitative estimate of drug-likeness (QED) is 0.906. The molecule has 1 aliphatic heterocycles. The van der Waals surface area contributed by atoms with Gasteiger partial charge in [0.15, 0.2) is 5.78 Å². The number of aliphatic hydroxyl groups is 1. The van der Waals surface area contributed by atoms with Crippen LogP contribution in [0.3, 0.4) is 0 Å². The number of nitrogens with zero attached hydrogens (tertiary/aromatic N) is 3. The van der Waals surface area contributed by atoms with Gasteiger partial charge < -0.3 is 19.5 Å². The van der Waals surface area contributed by atoms with Crippen LogP contribution in [0.25, 0.3) is 10.9 Å². The van der Waals surface area contributed by atoms with E-state index >= 15 is 0 Å². The number of fused-ring (bicyclic) bond motifs is 6. The Balaban J connectivity index is 2.00. The van der Waals surface area contributed by atoms with Gasteiger partial charge in [-0.3, -0.25) is 4.79 Å². The van der Waals surface area contributed by atoms with Crippen LogP contribution in [0.2, 0.25) is 0 Å². The first-order valence-electron chi connectivity index (χ1n) is 9.65. The molecule has 4 atom stereocenters. The van der Waals surface area contributed by atoms with Crippen molar-refractivity contribution in [1.29, 1.82) is 0 Å². The Kier molecular flexibility index (Phi) is 4.40. The van der Waals surface area contributed by atoms with Gasteiger partial charge in [-0.05, 0) is 39.4 Å². The van der Waals surface area contributed by atoms with E-state index in [1.165, 1.54) is 10.9 Å². The highest BCUT2D eigenvalue weighted by Crippen LogP contribution is 2.52. The third-order valence-corrected chi connectivity index (χ3v) is 6.37. The molecule has 0 radical (unpaired) electrons. The molecule has 1 N–H and O–H groups in total. The maximum atomic E-state index is 12.4. The molecule has 0 saturated heterocycles. The Labute approximate surface area is 160 Å². The van der Waals surface area contributed by atoms with Crippen LogP contribution in [0.4, 0.5) is 0 Å². The summed E-state index contributed by atoms with van der Waals surface area (Å²) in [5.74, 6) is 0.417. The van der Waals surface area contributed by atoms with Gasteiger partial charge in [-0.15, -0.1) is 0 Å². The van der Waals surface area contributed by atoms with Gasteiger partial charge in [-0.25, -0.2) is 0 Å². The molecule has 2 aromatic rings. The van der Waals surface area contributed by atoms with Crippen LogP contribution in [-0.4, -0.2) is 52.9 Å². The van der Waals surface area contributed by atoms with E-state index in [2.05, 4.69) is 53.7 Å². The summed E-state index contributed by atoms with van der Waals surface area (Å²) in [6, 6.07) is 8.53. The minimum Gasteiger partial charge on any atom is -0.387 e. The highest BCUT2D eigenvalue weighted by Gasteiger charge is 2.46. The Morgan fingerprint density at radius 1 is 1.26 bits per heavy atom. The molecule has 2 aliphatic rings. The molecule has 1 aromatic heterocycles. The average molecular weight is 367 g/mol. The number of rotatable bonds is 3. The van der Waals surface area contributed by atoms with Crippen LogP contribution in [0.5, 0.6) is 0 Å². The van der Waals surface area contributed by atoms with Crippen LogP contribution in [-0.2, 0) is 11.8 Å². The van der Waals surface area contributed by atoms with Crippen molar-refractivity contribution >= 4 is 16.7 Å². The normalized spacial score (nSPS) is 27.5. The van der Waals surface area contributed by atoms with Gasteiger partial charge >= 0.3 is 0 Å². The van der Waals surface area contributed by atoms with Gasteiger partial charge in [-0.1, -0.05) is 18.2 Å². The molecule has 4 rings (SSSR count). The maximum Gasteiger partial charge on any atom is 0.157 e. The molecule has 0 fully saturated rings. The third kappa shape index (κ3) is 2.72. The number of aromatic nitrogens is 1. The molecule has 0 saturated carbocycles. The fourth-order valence-electron chi connectivity index (χ4n) is 5.38. The lowest BCUT2D eigenvalue weighted by atomic mass is 9.74. The van der Waals surface area contributed by atoms with Crippen molar-refractivity contribution in [2.24, 2.45) is 18.9 Å². The molecule has 144 valence electrons. The first-order valence-corrected chi connectivity index (χ1v) is 9.65. The van der Waals surface area contributed by atoms with E-state index in [1.807, 2.05) is 19.3 Å². The number of aliphatic hydroxyl groups excluding tert-OH is 1. The third-order valence-electron chi connectivity index (χ3n) is 6.37. The molecule has 0 amide bonds. The molecule has 2 bridgehead atoms. The summed E-state index contributed by atoms with van der Waals surface area (Å²) in [6.45, 7) is 2.52. The summed E-state index contributed by atoms with van der Waals surface area (Å²) in [4.78, 5) is 16.8. The summed E-state index contributed by atoms with van der Waals surface area (Å²) in [5.41, 5.74) is 4.21. The number of ketones is 1. The zero-order valence-electron chi connectivity index (χ0n) is 16.8. The summed E-state index contributed by atoms with van der Waals surface area (Å²) in [6.07, 6.45) is 2.03. The fraction of sp³-hybridized carbons (Fsp3) is 0.500. The lowest BCUT2D eigenvalue weighted by molar-refractivity contribution is -0.115. The molecule has 2 heterocycles. The SMILES string of the molecule is CC(=O)C1=CN(C)[C@H]2c3c(n(C)c4ccccc34)[C@@H](O)C[C@@H]1[C@H]2CN(C)C. The molecule has 1 aromatic carbocycles. The number of allylic oxidation sites excluding steroid dienone is 1. The van der Waals surface area contributed by atoms with Crippen LogP contribution >= 0.6 is 0 Å². The number of benzene rings is 1. The maximum absolute atomic E-state index is 12.4. The van der Waals surface area contributed by atoms with Gasteiger partial charge in [0.25, 0.3) is 0 Å². The molecule has 0 unspecified atom stereocenters. The second kappa shape index (κ2) is 6.50. The Hall–Kier alpha value is -2.11. The van der Waals surface area contributed by atoms with E-state index in [0.29, 0.717) is 6.42 Å². The van der Waals surface area contributed by atoms with Crippen molar-refractivity contribution in [3.8, 4) is 0 Å². The molecule has 5 nitrogen and oxygen atoms in total. The van der Waals surface area contributed by atoms with E-state index in [9.17, 15) is 9.90 Å². The largest absolute Gasteiger partial charge is 0.387 e. The number of carbonyl (C=O) groups is 1. The van der Waals surface area contributed by atoms with E-state index in [4.69, 9.17) is 0 Å². The second-order valence-electron chi connectivity index (χ2n) is 8.41. The zero-order valence-corrected chi connectivity index (χ0v) is 16.8. The smallest absolute Gasteiger partial charge is 0.157 e. The number of para-hydroxylation sites is 1. The van der Waals surface area contributed by atoms with Crippen LogP contribution in [0, 0.1) is 11.8 Å². The number of hydrogen-bond acceptors (Lipinski definition) is 4. The van der Waals surface area contributed by atoms with Crippen LogP contribution in [0.1, 0.15) is 36.7 Å². The molecule has 27 heavy (non-hydrogen) atoms. The zero-order chi connectivity index (χ0) is 19.5. The fourth-order valence-corrected chi connectivity index (χ4v) is 5.38. The molecular formula is C22H29N3O2. The van der Waals surface area contributed by atoms with Gasteiger partial charge in [-0.2, -0.15) is 0 Å². The van der Waals surface area contributed by atoms with Crippen molar-refractivity contribution in [2.45, 2.75) is 25.5 Å². The van der Waals surface area contributed by atoms with Gasteiger partial charge in [0, 0.05) is 54.8 Å². The van der Waals surface area contributed by atoms with E-state index < -0.39 is 6.10 Å².